The molecule has 0 saturated heterocycles. The number of nitrogens with zero attached hydrogens (tertiary/aromatic N) is 1. The smallest absolute Gasteiger partial charge is 0.251 e. The number of amides is 2. The highest BCUT2D eigenvalue weighted by Crippen LogP contribution is 2.29. The number of fused-ring (bicyclic) bond motifs is 1. The first-order valence-electron chi connectivity index (χ1n) is 10.7. The Kier molecular flexibility index (Phi) is 7.52. The zero-order valence-electron chi connectivity index (χ0n) is 18.4. The highest BCUT2D eigenvalue weighted by atomic mass is 32.2. The van der Waals surface area contributed by atoms with Crippen molar-refractivity contribution < 1.29 is 18.0 Å². The lowest BCUT2D eigenvalue weighted by atomic mass is 9.95. The van der Waals surface area contributed by atoms with E-state index in [1.807, 2.05) is 36.9 Å². The third kappa shape index (κ3) is 6.08. The number of carbonyl (C=O) groups is 2. The third-order valence-electron chi connectivity index (χ3n) is 5.33. The molecule has 0 fully saturated rings. The Bertz CT molecular complexity index is 1080. The van der Waals surface area contributed by atoms with Gasteiger partial charge >= 0.3 is 0 Å². The van der Waals surface area contributed by atoms with Crippen molar-refractivity contribution in [2.45, 2.75) is 44.0 Å². The first-order valence-corrected chi connectivity index (χ1v) is 12.3. The number of hydrogen-bond acceptors (Lipinski definition) is 5. The molecule has 1 heterocycles. The molecule has 0 bridgehead atoms. The number of nitrogens with two attached hydrogens (primary N) is 1. The molecule has 0 aromatic heterocycles. The number of nitrogens with one attached hydrogen (secondary N) is 2. The number of benzene rings is 2. The maximum Gasteiger partial charge on any atom is 0.251 e. The van der Waals surface area contributed by atoms with E-state index in [0.717, 1.165) is 36.2 Å². The lowest BCUT2D eigenvalue weighted by molar-refractivity contribution is -0.119. The van der Waals surface area contributed by atoms with Crippen LogP contribution in [0.1, 0.15) is 41.8 Å². The van der Waals surface area contributed by atoms with Gasteiger partial charge in [-0.25, -0.2) is 13.6 Å². The van der Waals surface area contributed by atoms with E-state index in [9.17, 15) is 18.0 Å². The molecule has 9 heteroatoms. The van der Waals surface area contributed by atoms with Gasteiger partial charge in [-0.05, 0) is 68.5 Å². The summed E-state index contributed by atoms with van der Waals surface area (Å²) in [6.45, 7) is 5.26. The van der Waals surface area contributed by atoms with E-state index in [-0.39, 0.29) is 29.3 Å². The topological polar surface area (TPSA) is 122 Å². The molecule has 0 saturated carbocycles. The minimum Gasteiger partial charge on any atom is -0.362 e. The Hall–Kier alpha value is -2.91. The number of hydrogen-bond donors (Lipinski definition) is 3. The van der Waals surface area contributed by atoms with Crippen molar-refractivity contribution in [1.82, 2.24) is 10.6 Å². The molecule has 0 atom stereocenters. The molecule has 4 N–H and O–H groups in total. The van der Waals surface area contributed by atoms with Gasteiger partial charge in [-0.3, -0.25) is 9.59 Å². The molecule has 8 nitrogen and oxygen atoms in total. The summed E-state index contributed by atoms with van der Waals surface area (Å²) in [5, 5.41) is 11.0. The van der Waals surface area contributed by atoms with Crippen LogP contribution in [0.4, 0.5) is 5.69 Å². The van der Waals surface area contributed by atoms with Crippen LogP contribution in [0.15, 0.2) is 47.4 Å². The van der Waals surface area contributed by atoms with Crippen molar-refractivity contribution in [3.63, 3.8) is 0 Å². The molecule has 2 amide bonds. The van der Waals surface area contributed by atoms with Crippen LogP contribution in [-0.2, 0) is 27.7 Å². The lowest BCUT2D eigenvalue weighted by Gasteiger charge is -2.32. The summed E-state index contributed by atoms with van der Waals surface area (Å²) >= 11 is 0. The van der Waals surface area contributed by atoms with Crippen LogP contribution >= 0.6 is 0 Å². The number of anilines is 1. The molecule has 0 radical (unpaired) electrons. The zero-order valence-corrected chi connectivity index (χ0v) is 19.2. The van der Waals surface area contributed by atoms with Crippen molar-refractivity contribution in [3.05, 3.63) is 59.2 Å². The van der Waals surface area contributed by atoms with E-state index < -0.39 is 10.0 Å². The molecule has 1 aliphatic heterocycles. The van der Waals surface area contributed by atoms with Crippen molar-refractivity contribution >= 4 is 27.5 Å². The molecule has 3 rings (SSSR count). The van der Waals surface area contributed by atoms with Crippen molar-refractivity contribution in [2.75, 3.05) is 24.5 Å². The summed E-state index contributed by atoms with van der Waals surface area (Å²) in [6.07, 6.45) is 2.26. The van der Waals surface area contributed by atoms with Gasteiger partial charge in [-0.1, -0.05) is 18.2 Å². The van der Waals surface area contributed by atoms with Gasteiger partial charge in [0.2, 0.25) is 15.9 Å². The van der Waals surface area contributed by atoms with Crippen LogP contribution in [-0.4, -0.2) is 45.9 Å². The quantitative estimate of drug-likeness (QED) is 0.555. The lowest BCUT2D eigenvalue weighted by Crippen LogP contribution is -2.41. The van der Waals surface area contributed by atoms with Gasteiger partial charge in [0, 0.05) is 30.4 Å². The fourth-order valence-electron chi connectivity index (χ4n) is 3.84. The molecule has 0 spiro atoms. The fraction of sp³-hybridized carbons (Fsp3) is 0.391. The van der Waals surface area contributed by atoms with Crippen LogP contribution in [0.2, 0.25) is 0 Å². The Morgan fingerprint density at radius 2 is 1.84 bits per heavy atom. The molecule has 2 aromatic rings. The largest absolute Gasteiger partial charge is 0.362 e. The van der Waals surface area contributed by atoms with Gasteiger partial charge in [0.25, 0.3) is 5.91 Å². The summed E-state index contributed by atoms with van der Waals surface area (Å²) in [5.41, 5.74) is 3.49. The Labute approximate surface area is 189 Å². The van der Waals surface area contributed by atoms with Crippen molar-refractivity contribution in [3.8, 4) is 0 Å². The minimum absolute atomic E-state index is 0.0553. The molecule has 2 aromatic carbocycles. The van der Waals surface area contributed by atoms with E-state index in [1.165, 1.54) is 12.1 Å². The summed E-state index contributed by atoms with van der Waals surface area (Å²) in [5.74, 6) is -0.187. The van der Waals surface area contributed by atoms with Gasteiger partial charge in [-0.15, -0.1) is 0 Å². The minimum atomic E-state index is -3.71. The average molecular weight is 459 g/mol. The van der Waals surface area contributed by atoms with Crippen LogP contribution in [0.3, 0.4) is 0 Å². The third-order valence-corrected chi connectivity index (χ3v) is 6.26. The van der Waals surface area contributed by atoms with E-state index in [2.05, 4.69) is 10.6 Å². The van der Waals surface area contributed by atoms with E-state index >= 15 is 0 Å². The number of primary sulfonamides is 1. The van der Waals surface area contributed by atoms with Gasteiger partial charge in [-0.2, -0.15) is 0 Å². The van der Waals surface area contributed by atoms with Crippen molar-refractivity contribution in [2.24, 2.45) is 5.14 Å². The highest BCUT2D eigenvalue weighted by molar-refractivity contribution is 7.89. The van der Waals surface area contributed by atoms with Crippen molar-refractivity contribution in [1.29, 1.82) is 0 Å². The first-order chi connectivity index (χ1) is 15.1. The average Bonchev–Trinajstić information content (AvgIpc) is 2.73. The molecule has 32 heavy (non-hydrogen) atoms. The van der Waals surface area contributed by atoms with Crippen LogP contribution in [0.25, 0.3) is 0 Å². The number of sulfonamides is 1. The fourth-order valence-corrected chi connectivity index (χ4v) is 4.35. The Morgan fingerprint density at radius 1 is 1.12 bits per heavy atom. The van der Waals surface area contributed by atoms with Gasteiger partial charge in [0.15, 0.2) is 0 Å². The predicted octanol–water partition coefficient (Wildman–Crippen LogP) is 1.58. The zero-order chi connectivity index (χ0) is 23.3. The van der Waals surface area contributed by atoms with Crippen LogP contribution in [0, 0.1) is 0 Å². The summed E-state index contributed by atoms with van der Waals surface area (Å²) in [4.78, 5) is 27.2. The van der Waals surface area contributed by atoms with E-state index in [4.69, 9.17) is 5.14 Å². The van der Waals surface area contributed by atoms with E-state index in [0.29, 0.717) is 18.5 Å². The maximum atomic E-state index is 12.6. The Balaban J connectivity index is 1.58. The van der Waals surface area contributed by atoms with Crippen LogP contribution < -0.4 is 20.7 Å². The molecular formula is C23H30N4O4S. The Morgan fingerprint density at radius 3 is 2.50 bits per heavy atom. The molecular weight excluding hydrogens is 428 g/mol. The standard InChI is InChI=1S/C23H30N4O4S/c1-16(2)26-23(29)20-5-3-7-21-19(20)6-4-14-27(21)15-22(28)25-13-12-17-8-10-18(11-9-17)32(24,30)31/h3,5,7-11,16H,4,6,12-15H2,1-2H3,(H,25,28)(H,26,29)(H2,24,30,31). The van der Waals surface area contributed by atoms with E-state index in [1.54, 1.807) is 12.1 Å². The summed E-state index contributed by atoms with van der Waals surface area (Å²) in [7, 11) is -3.71. The molecule has 172 valence electrons. The molecule has 1 aliphatic rings. The molecule has 0 aliphatic carbocycles. The maximum absolute atomic E-state index is 12.6. The second-order valence-electron chi connectivity index (χ2n) is 8.25. The summed E-state index contributed by atoms with van der Waals surface area (Å²) in [6, 6.07) is 12.0. The normalized spacial score (nSPS) is 13.6. The second-order valence-corrected chi connectivity index (χ2v) is 9.81. The van der Waals surface area contributed by atoms with Crippen LogP contribution in [0.5, 0.6) is 0 Å². The van der Waals surface area contributed by atoms with Gasteiger partial charge in [0.05, 0.1) is 11.4 Å². The number of carbonyl (C=O) groups excluding carboxylic acids is 2. The number of rotatable bonds is 8. The SMILES string of the molecule is CC(C)NC(=O)c1cccc2c1CCCN2CC(=O)NCCc1ccc(S(N)(=O)=O)cc1. The second kappa shape index (κ2) is 10.1. The molecule has 0 unspecified atom stereocenters. The van der Waals surface area contributed by atoms with Gasteiger partial charge < -0.3 is 15.5 Å². The monoisotopic (exact) mass is 458 g/mol. The summed E-state index contributed by atoms with van der Waals surface area (Å²) < 4.78 is 22.6. The first kappa shape index (κ1) is 23.7. The predicted molar refractivity (Wildman–Crippen MR) is 124 cm³/mol. The highest BCUT2D eigenvalue weighted by Gasteiger charge is 2.23. The van der Waals surface area contributed by atoms with Gasteiger partial charge in [0.1, 0.15) is 0 Å².